The fourth-order valence-electron chi connectivity index (χ4n) is 1.60. The van der Waals surface area contributed by atoms with E-state index in [-0.39, 0.29) is 31.7 Å². The molecule has 0 aliphatic carbocycles. The van der Waals surface area contributed by atoms with E-state index in [4.69, 9.17) is 0 Å². The number of carbonyl (C=O) groups excluding carboxylic acids is 2. The zero-order valence-electron chi connectivity index (χ0n) is 12.4. The highest BCUT2D eigenvalue weighted by Gasteiger charge is 2.27. The third kappa shape index (κ3) is 8.25. The van der Waals surface area contributed by atoms with Crippen molar-refractivity contribution in [1.82, 2.24) is 10.6 Å². The molecule has 0 saturated carbocycles. The first-order chi connectivity index (χ1) is 11.2. The molecule has 0 unspecified atom stereocenters. The van der Waals surface area contributed by atoms with Crippen molar-refractivity contribution in [2.45, 2.75) is 12.6 Å². The van der Waals surface area contributed by atoms with Crippen molar-refractivity contribution in [3.05, 3.63) is 34.1 Å². The van der Waals surface area contributed by atoms with E-state index in [1.54, 1.807) is 0 Å². The van der Waals surface area contributed by atoms with E-state index >= 15 is 0 Å². The molecule has 0 aromatic heterocycles. The number of alkyl halides is 3. The summed E-state index contributed by atoms with van der Waals surface area (Å²) in [4.78, 5) is 23.3. The number of carbonyl (C=O) groups is 2. The van der Waals surface area contributed by atoms with E-state index in [1.165, 1.54) is 12.1 Å². The van der Waals surface area contributed by atoms with Gasteiger partial charge in [0.2, 0.25) is 5.91 Å². The Hall–Kier alpha value is -1.68. The largest absolute Gasteiger partial charge is 0.411 e. The Morgan fingerprint density at radius 2 is 1.88 bits per heavy atom. The molecule has 0 aliphatic rings. The minimum Gasteiger partial charge on any atom is -0.370 e. The molecule has 2 amide bonds. The van der Waals surface area contributed by atoms with E-state index in [0.29, 0.717) is 4.47 Å². The fourth-order valence-corrected chi connectivity index (χ4v) is 2.02. The van der Waals surface area contributed by atoms with Crippen LogP contribution in [0.2, 0.25) is 0 Å². The SMILES string of the molecule is O=C(CCNC(=O)c1cc(F)ccc1Br)NCCOCC(F)(F)F. The summed E-state index contributed by atoms with van der Waals surface area (Å²) in [5.41, 5.74) is 0.0935. The van der Waals surface area contributed by atoms with Gasteiger partial charge in [-0.05, 0) is 34.1 Å². The maximum Gasteiger partial charge on any atom is 0.411 e. The van der Waals surface area contributed by atoms with Crippen LogP contribution in [-0.2, 0) is 9.53 Å². The average molecular weight is 415 g/mol. The molecule has 0 heterocycles. The second-order valence-electron chi connectivity index (χ2n) is 4.65. The van der Waals surface area contributed by atoms with Crippen LogP contribution in [0.5, 0.6) is 0 Å². The molecule has 0 spiro atoms. The highest BCUT2D eigenvalue weighted by molar-refractivity contribution is 9.10. The van der Waals surface area contributed by atoms with Crippen LogP contribution in [0, 0.1) is 5.82 Å². The lowest BCUT2D eigenvalue weighted by molar-refractivity contribution is -0.173. The topological polar surface area (TPSA) is 67.4 Å². The lowest BCUT2D eigenvalue weighted by atomic mass is 10.2. The van der Waals surface area contributed by atoms with Crippen molar-refractivity contribution in [1.29, 1.82) is 0 Å². The van der Waals surface area contributed by atoms with E-state index < -0.39 is 30.4 Å². The molecule has 0 radical (unpaired) electrons. The van der Waals surface area contributed by atoms with E-state index in [0.717, 1.165) is 6.07 Å². The molecule has 10 heteroatoms. The van der Waals surface area contributed by atoms with Gasteiger partial charge in [0.15, 0.2) is 0 Å². The number of hydrogen-bond donors (Lipinski definition) is 2. The highest BCUT2D eigenvalue weighted by Crippen LogP contribution is 2.17. The van der Waals surface area contributed by atoms with Crippen molar-refractivity contribution < 1.29 is 31.9 Å². The molecule has 0 saturated heterocycles. The maximum atomic E-state index is 13.1. The van der Waals surface area contributed by atoms with Crippen LogP contribution in [0.15, 0.2) is 22.7 Å². The summed E-state index contributed by atoms with van der Waals surface area (Å²) in [6.07, 6.45) is -4.47. The molecule has 0 aliphatic heterocycles. The van der Waals surface area contributed by atoms with E-state index in [2.05, 4.69) is 31.3 Å². The average Bonchev–Trinajstić information content (AvgIpc) is 2.48. The molecule has 2 N–H and O–H groups in total. The predicted octanol–water partition coefficient (Wildman–Crippen LogP) is 2.40. The summed E-state index contributed by atoms with van der Waals surface area (Å²) in [7, 11) is 0. The predicted molar refractivity (Wildman–Crippen MR) is 80.9 cm³/mol. The van der Waals surface area contributed by atoms with Crippen LogP contribution in [0.3, 0.4) is 0 Å². The van der Waals surface area contributed by atoms with Crippen LogP contribution < -0.4 is 10.6 Å². The Kier molecular flexibility index (Phi) is 8.13. The number of benzene rings is 1. The summed E-state index contributed by atoms with van der Waals surface area (Å²) in [5, 5.41) is 4.79. The molecule has 1 rings (SSSR count). The van der Waals surface area contributed by atoms with Crippen molar-refractivity contribution in [3.8, 4) is 0 Å². The third-order valence-corrected chi connectivity index (χ3v) is 3.34. The molecule has 134 valence electrons. The van der Waals surface area contributed by atoms with Gasteiger partial charge in [-0.25, -0.2) is 4.39 Å². The van der Waals surface area contributed by atoms with Gasteiger partial charge >= 0.3 is 6.18 Å². The second kappa shape index (κ2) is 9.58. The summed E-state index contributed by atoms with van der Waals surface area (Å²) >= 11 is 3.11. The number of hydrogen-bond acceptors (Lipinski definition) is 3. The standard InChI is InChI=1S/C14H15BrF4N2O3/c15-11-2-1-9(16)7-10(11)13(23)21-4-3-12(22)20-5-6-24-8-14(17,18)19/h1-2,7H,3-6,8H2,(H,20,22)(H,21,23). The quantitative estimate of drug-likeness (QED) is 0.507. The third-order valence-electron chi connectivity index (χ3n) is 2.64. The lowest BCUT2D eigenvalue weighted by Gasteiger charge is -2.09. The summed E-state index contributed by atoms with van der Waals surface area (Å²) < 4.78 is 53.2. The number of rotatable bonds is 8. The number of nitrogens with one attached hydrogen (secondary N) is 2. The maximum absolute atomic E-state index is 13.1. The molecule has 0 atom stereocenters. The van der Waals surface area contributed by atoms with Crippen molar-refractivity contribution >= 4 is 27.7 Å². The first-order valence-electron chi connectivity index (χ1n) is 6.83. The van der Waals surface area contributed by atoms with Gasteiger partial charge in [-0.2, -0.15) is 13.2 Å². The Morgan fingerprint density at radius 1 is 1.17 bits per heavy atom. The van der Waals surface area contributed by atoms with Crippen LogP contribution in [-0.4, -0.2) is 44.3 Å². The summed E-state index contributed by atoms with van der Waals surface area (Å²) in [6, 6.07) is 3.63. The second-order valence-corrected chi connectivity index (χ2v) is 5.50. The summed E-state index contributed by atoms with van der Waals surface area (Å²) in [6.45, 7) is -1.72. The molecular formula is C14H15BrF4N2O3. The monoisotopic (exact) mass is 414 g/mol. The van der Waals surface area contributed by atoms with Gasteiger partial charge in [0.1, 0.15) is 12.4 Å². The molecule has 1 aromatic carbocycles. The zero-order valence-corrected chi connectivity index (χ0v) is 14.0. The Labute approximate surface area is 143 Å². The van der Waals surface area contributed by atoms with Gasteiger partial charge in [0.25, 0.3) is 5.91 Å². The molecule has 5 nitrogen and oxygen atoms in total. The van der Waals surface area contributed by atoms with Gasteiger partial charge in [0, 0.05) is 24.0 Å². The Bertz CT molecular complexity index is 582. The number of ether oxygens (including phenoxy) is 1. The van der Waals surface area contributed by atoms with Crippen LogP contribution >= 0.6 is 15.9 Å². The minimum absolute atomic E-state index is 0.00295. The number of amides is 2. The van der Waals surface area contributed by atoms with Gasteiger partial charge in [0.05, 0.1) is 12.2 Å². The molecule has 1 aromatic rings. The zero-order chi connectivity index (χ0) is 18.2. The van der Waals surface area contributed by atoms with Crippen molar-refractivity contribution in [2.24, 2.45) is 0 Å². The van der Waals surface area contributed by atoms with Gasteiger partial charge in [-0.1, -0.05) is 0 Å². The molecular weight excluding hydrogens is 400 g/mol. The molecule has 24 heavy (non-hydrogen) atoms. The first-order valence-corrected chi connectivity index (χ1v) is 7.63. The number of halogens is 5. The Morgan fingerprint density at radius 3 is 2.54 bits per heavy atom. The van der Waals surface area contributed by atoms with Crippen LogP contribution in [0.4, 0.5) is 17.6 Å². The van der Waals surface area contributed by atoms with Gasteiger partial charge in [-0.3, -0.25) is 9.59 Å². The van der Waals surface area contributed by atoms with E-state index in [1.807, 2.05) is 0 Å². The Balaban J connectivity index is 2.21. The van der Waals surface area contributed by atoms with E-state index in [9.17, 15) is 27.2 Å². The molecule has 0 bridgehead atoms. The van der Waals surface area contributed by atoms with Crippen molar-refractivity contribution in [3.63, 3.8) is 0 Å². The van der Waals surface area contributed by atoms with Gasteiger partial charge < -0.3 is 15.4 Å². The van der Waals surface area contributed by atoms with Crippen LogP contribution in [0.1, 0.15) is 16.8 Å². The highest BCUT2D eigenvalue weighted by atomic mass is 79.9. The molecule has 0 fully saturated rings. The fraction of sp³-hybridized carbons (Fsp3) is 0.429. The minimum atomic E-state index is -4.40. The lowest BCUT2D eigenvalue weighted by Crippen LogP contribution is -2.33. The van der Waals surface area contributed by atoms with Crippen LogP contribution in [0.25, 0.3) is 0 Å². The van der Waals surface area contributed by atoms with Gasteiger partial charge in [-0.15, -0.1) is 0 Å². The van der Waals surface area contributed by atoms with Crippen molar-refractivity contribution in [2.75, 3.05) is 26.3 Å². The first kappa shape index (κ1) is 20.4. The normalized spacial score (nSPS) is 11.2. The smallest absolute Gasteiger partial charge is 0.370 e. The summed E-state index contributed by atoms with van der Waals surface area (Å²) in [5.74, 6) is -1.58.